The lowest BCUT2D eigenvalue weighted by molar-refractivity contribution is -0.0156. The summed E-state index contributed by atoms with van der Waals surface area (Å²) in [6.45, 7) is 4.40. The van der Waals surface area contributed by atoms with E-state index in [-0.39, 0.29) is 5.04 Å². The minimum atomic E-state index is 0.251. The summed E-state index contributed by atoms with van der Waals surface area (Å²) in [6, 6.07) is 14.3. The molecule has 1 aliphatic rings. The molecule has 0 unspecified atom stereocenters. The molecule has 4 heterocycles. The Hall–Kier alpha value is -2.74. The molecule has 0 aliphatic carbocycles. The number of aromatic nitrogens is 4. The smallest absolute Gasteiger partial charge is 0.259 e. The van der Waals surface area contributed by atoms with Crippen molar-refractivity contribution in [1.29, 1.82) is 0 Å². The molecule has 0 amide bonds. The van der Waals surface area contributed by atoms with Crippen molar-refractivity contribution < 1.29 is 9.26 Å². The van der Waals surface area contributed by atoms with Gasteiger partial charge in [0, 0.05) is 45.5 Å². The Kier molecular flexibility index (Phi) is 4.81. The molecule has 5 rings (SSSR count). The SMILES string of the molecule is Cc1cc(-c2nc(-c3ccc(C4([SiH3])COC4)cc3)no2)cn1Cc1ccc(Cl)nc1. The molecule has 8 heteroatoms. The van der Waals surface area contributed by atoms with Crippen molar-refractivity contribution in [1.82, 2.24) is 19.7 Å². The Bertz CT molecular complexity index is 1180. The van der Waals surface area contributed by atoms with Gasteiger partial charge in [-0.25, -0.2) is 4.98 Å². The summed E-state index contributed by atoms with van der Waals surface area (Å²) in [5.74, 6) is 1.10. The minimum absolute atomic E-state index is 0.251. The van der Waals surface area contributed by atoms with Crippen molar-refractivity contribution in [3.05, 3.63) is 76.8 Å². The van der Waals surface area contributed by atoms with Crippen molar-refractivity contribution in [2.24, 2.45) is 0 Å². The molecule has 1 aliphatic heterocycles. The summed E-state index contributed by atoms with van der Waals surface area (Å²) in [7, 11) is 1.08. The van der Waals surface area contributed by atoms with Crippen LogP contribution in [-0.2, 0) is 16.3 Å². The summed E-state index contributed by atoms with van der Waals surface area (Å²) < 4.78 is 13.1. The molecule has 152 valence electrons. The number of nitrogens with zero attached hydrogens (tertiary/aromatic N) is 4. The molecule has 4 aromatic rings. The van der Waals surface area contributed by atoms with Gasteiger partial charge in [0.05, 0.1) is 18.8 Å². The second-order valence-electron chi connectivity index (χ2n) is 8.04. The normalized spacial score (nSPS) is 15.3. The number of rotatable bonds is 5. The summed E-state index contributed by atoms with van der Waals surface area (Å²) in [6.07, 6.45) is 3.81. The second-order valence-corrected chi connectivity index (χ2v) is 10.3. The van der Waals surface area contributed by atoms with Crippen molar-refractivity contribution in [2.75, 3.05) is 13.2 Å². The van der Waals surface area contributed by atoms with Crippen molar-refractivity contribution in [3.8, 4) is 22.8 Å². The fourth-order valence-corrected chi connectivity index (χ4v) is 4.51. The molecule has 0 N–H and O–H groups in total. The van der Waals surface area contributed by atoms with Crippen LogP contribution in [0.1, 0.15) is 16.8 Å². The van der Waals surface area contributed by atoms with Gasteiger partial charge in [0.2, 0.25) is 5.82 Å². The third kappa shape index (κ3) is 3.60. The van der Waals surface area contributed by atoms with Gasteiger partial charge in [0.15, 0.2) is 0 Å². The highest BCUT2D eigenvalue weighted by Gasteiger charge is 2.34. The third-order valence-electron chi connectivity index (χ3n) is 5.61. The molecule has 0 spiro atoms. The number of hydrogen-bond acceptors (Lipinski definition) is 5. The van der Waals surface area contributed by atoms with Crippen LogP contribution in [0, 0.1) is 6.92 Å². The van der Waals surface area contributed by atoms with E-state index >= 15 is 0 Å². The van der Waals surface area contributed by atoms with E-state index in [0.717, 1.165) is 45.8 Å². The predicted octanol–water partition coefficient (Wildman–Crippen LogP) is 3.20. The summed E-state index contributed by atoms with van der Waals surface area (Å²) >= 11 is 5.87. The molecule has 0 atom stereocenters. The van der Waals surface area contributed by atoms with Crippen LogP contribution in [0.2, 0.25) is 5.15 Å². The van der Waals surface area contributed by atoms with Crippen LogP contribution < -0.4 is 0 Å². The molecule has 1 saturated heterocycles. The fourth-order valence-electron chi connectivity index (χ4n) is 3.65. The van der Waals surface area contributed by atoms with E-state index in [1.807, 2.05) is 18.3 Å². The van der Waals surface area contributed by atoms with Crippen LogP contribution in [0.25, 0.3) is 22.8 Å². The Labute approximate surface area is 182 Å². The van der Waals surface area contributed by atoms with Crippen molar-refractivity contribution in [2.45, 2.75) is 18.5 Å². The zero-order chi connectivity index (χ0) is 20.7. The Morgan fingerprint density at radius 1 is 1.13 bits per heavy atom. The first-order valence-electron chi connectivity index (χ1n) is 9.80. The maximum Gasteiger partial charge on any atom is 0.259 e. The predicted molar refractivity (Wildman–Crippen MR) is 119 cm³/mol. The molecule has 0 saturated carbocycles. The fraction of sp³-hybridized carbons (Fsp3) is 0.227. The maximum absolute atomic E-state index is 5.87. The molecule has 1 aromatic carbocycles. The van der Waals surface area contributed by atoms with Crippen molar-refractivity contribution in [3.63, 3.8) is 0 Å². The van der Waals surface area contributed by atoms with Crippen LogP contribution in [0.3, 0.4) is 0 Å². The minimum Gasteiger partial charge on any atom is -0.380 e. The molecule has 30 heavy (non-hydrogen) atoms. The Morgan fingerprint density at radius 2 is 1.93 bits per heavy atom. The lowest BCUT2D eigenvalue weighted by atomic mass is 9.95. The summed E-state index contributed by atoms with van der Waals surface area (Å²) in [4.78, 5) is 8.76. The van der Waals surface area contributed by atoms with Gasteiger partial charge in [-0.05, 0) is 30.2 Å². The molecule has 0 bridgehead atoms. The monoisotopic (exact) mass is 436 g/mol. The Balaban J connectivity index is 1.36. The molecule has 1 fully saturated rings. The van der Waals surface area contributed by atoms with Gasteiger partial charge in [-0.1, -0.05) is 47.1 Å². The van der Waals surface area contributed by atoms with Gasteiger partial charge in [-0.3, -0.25) is 0 Å². The van der Waals surface area contributed by atoms with Gasteiger partial charge >= 0.3 is 0 Å². The highest BCUT2D eigenvalue weighted by Crippen LogP contribution is 2.31. The highest BCUT2D eigenvalue weighted by molar-refractivity contribution is 6.29. The number of benzene rings is 1. The standard InChI is InChI=1S/C22H21ClN4O2Si/c1-14-8-17(11-27(14)10-15-2-7-19(23)24-9-15)21-25-20(26-29-21)16-3-5-18(6-4-16)22(30)12-28-13-22/h2-9,11H,10,12-13H2,1,30H3. The maximum atomic E-state index is 5.87. The number of ether oxygens (including phenoxy) is 1. The van der Waals surface area contributed by atoms with Gasteiger partial charge in [-0.2, -0.15) is 4.98 Å². The van der Waals surface area contributed by atoms with Crippen LogP contribution in [0.5, 0.6) is 0 Å². The summed E-state index contributed by atoms with van der Waals surface area (Å²) in [5.41, 5.74) is 5.35. The summed E-state index contributed by atoms with van der Waals surface area (Å²) in [5, 5.41) is 4.93. The number of halogens is 1. The second kappa shape index (κ2) is 7.50. The van der Waals surface area contributed by atoms with E-state index in [2.05, 4.69) is 50.9 Å². The topological polar surface area (TPSA) is 66.0 Å². The van der Waals surface area contributed by atoms with E-state index in [4.69, 9.17) is 20.9 Å². The Morgan fingerprint density at radius 3 is 2.60 bits per heavy atom. The van der Waals surface area contributed by atoms with Crippen molar-refractivity contribution >= 4 is 21.8 Å². The van der Waals surface area contributed by atoms with Crippen LogP contribution >= 0.6 is 11.6 Å². The first-order valence-corrected chi connectivity index (χ1v) is 11.2. The zero-order valence-corrected chi connectivity index (χ0v) is 19.6. The largest absolute Gasteiger partial charge is 0.380 e. The quantitative estimate of drug-likeness (QED) is 0.355. The molecule has 0 radical (unpaired) electrons. The van der Waals surface area contributed by atoms with Gasteiger partial charge in [-0.15, -0.1) is 0 Å². The van der Waals surface area contributed by atoms with E-state index < -0.39 is 0 Å². The molecule has 6 nitrogen and oxygen atoms in total. The van der Waals surface area contributed by atoms with Crippen LogP contribution in [-0.4, -0.2) is 43.1 Å². The number of hydrogen-bond donors (Lipinski definition) is 0. The molecule has 3 aromatic heterocycles. The molecular weight excluding hydrogens is 416 g/mol. The average Bonchev–Trinajstić information content (AvgIpc) is 3.35. The third-order valence-corrected chi connectivity index (χ3v) is 6.99. The lowest BCUT2D eigenvalue weighted by Crippen LogP contribution is -2.47. The first-order chi connectivity index (χ1) is 14.5. The lowest BCUT2D eigenvalue weighted by Gasteiger charge is -2.38. The van der Waals surface area contributed by atoms with E-state index in [1.54, 1.807) is 12.3 Å². The van der Waals surface area contributed by atoms with Gasteiger partial charge < -0.3 is 13.8 Å². The van der Waals surface area contributed by atoms with Gasteiger partial charge in [0.25, 0.3) is 5.89 Å². The number of pyridine rings is 1. The zero-order valence-electron chi connectivity index (χ0n) is 16.8. The van der Waals surface area contributed by atoms with Gasteiger partial charge in [0.1, 0.15) is 5.15 Å². The molecular formula is C22H21ClN4O2Si. The van der Waals surface area contributed by atoms with E-state index in [1.165, 1.54) is 5.56 Å². The number of aryl methyl sites for hydroxylation is 1. The highest BCUT2D eigenvalue weighted by atomic mass is 35.5. The van der Waals surface area contributed by atoms with Crippen LogP contribution in [0.4, 0.5) is 0 Å². The van der Waals surface area contributed by atoms with E-state index in [9.17, 15) is 0 Å². The average molecular weight is 437 g/mol. The first kappa shape index (κ1) is 19.2. The van der Waals surface area contributed by atoms with Crippen LogP contribution in [0.15, 0.2) is 59.4 Å². The van der Waals surface area contributed by atoms with E-state index in [0.29, 0.717) is 23.4 Å².